The summed E-state index contributed by atoms with van der Waals surface area (Å²) < 4.78 is 0. The molecular formula is C11H18N4OS. The number of thiazole rings is 1. The smallest absolute Gasteiger partial charge is 0.273 e. The minimum absolute atomic E-state index is 0.0627. The van der Waals surface area contributed by atoms with E-state index in [1.165, 1.54) is 0 Å². The first kappa shape index (κ1) is 12.5. The van der Waals surface area contributed by atoms with Gasteiger partial charge in [0.05, 0.1) is 0 Å². The van der Waals surface area contributed by atoms with Gasteiger partial charge in [0.15, 0.2) is 0 Å². The normalized spacial score (nSPS) is 16.5. The van der Waals surface area contributed by atoms with Gasteiger partial charge in [0.2, 0.25) is 0 Å². The highest BCUT2D eigenvalue weighted by atomic mass is 32.1. The topological polar surface area (TPSA) is 48.5 Å². The van der Waals surface area contributed by atoms with Gasteiger partial charge in [-0.1, -0.05) is 0 Å². The molecule has 0 spiro atoms. The average Bonchev–Trinajstić information content (AvgIpc) is 2.77. The van der Waals surface area contributed by atoms with Crippen molar-refractivity contribution in [3.8, 4) is 0 Å². The lowest BCUT2D eigenvalue weighted by Gasteiger charge is -2.26. The van der Waals surface area contributed by atoms with E-state index in [9.17, 15) is 4.79 Å². The maximum absolute atomic E-state index is 12.1. The van der Waals surface area contributed by atoms with Crippen LogP contribution in [0.4, 0.5) is 0 Å². The van der Waals surface area contributed by atoms with E-state index in [0.717, 1.165) is 37.7 Å². The average molecular weight is 254 g/mol. The third kappa shape index (κ3) is 3.24. The molecule has 1 N–H and O–H groups in total. The monoisotopic (exact) mass is 254 g/mol. The van der Waals surface area contributed by atoms with Crippen LogP contribution in [0.15, 0.2) is 5.38 Å². The zero-order valence-corrected chi connectivity index (χ0v) is 11.1. The summed E-state index contributed by atoms with van der Waals surface area (Å²) in [6.07, 6.45) is 0. The number of rotatable bonds is 3. The van der Waals surface area contributed by atoms with Crippen LogP contribution in [0.25, 0.3) is 0 Å². The van der Waals surface area contributed by atoms with Gasteiger partial charge < -0.3 is 15.1 Å². The predicted molar refractivity (Wildman–Crippen MR) is 68.3 cm³/mol. The summed E-state index contributed by atoms with van der Waals surface area (Å²) in [4.78, 5) is 20.4. The summed E-state index contributed by atoms with van der Waals surface area (Å²) in [5.74, 6) is 0.0627. The third-order valence-electron chi connectivity index (χ3n) is 2.63. The van der Waals surface area contributed by atoms with Crippen LogP contribution >= 0.6 is 11.3 Å². The van der Waals surface area contributed by atoms with Gasteiger partial charge in [0.25, 0.3) is 5.91 Å². The molecule has 0 saturated carbocycles. The minimum Gasteiger partial charge on any atom is -0.335 e. The van der Waals surface area contributed by atoms with Gasteiger partial charge in [-0.15, -0.1) is 11.3 Å². The fraction of sp³-hybridized carbons (Fsp3) is 0.636. The molecule has 1 amide bonds. The summed E-state index contributed by atoms with van der Waals surface area (Å²) in [7, 11) is 4.00. The molecule has 5 nitrogen and oxygen atoms in total. The van der Waals surface area contributed by atoms with Crippen LogP contribution in [0.5, 0.6) is 0 Å². The lowest BCUT2D eigenvalue weighted by molar-refractivity contribution is 0.0730. The van der Waals surface area contributed by atoms with E-state index in [1.54, 1.807) is 11.3 Å². The number of piperazine rings is 1. The number of hydrogen-bond donors (Lipinski definition) is 1. The highest BCUT2D eigenvalue weighted by Gasteiger charge is 2.20. The molecule has 2 rings (SSSR count). The van der Waals surface area contributed by atoms with Gasteiger partial charge >= 0.3 is 0 Å². The van der Waals surface area contributed by atoms with E-state index < -0.39 is 0 Å². The van der Waals surface area contributed by atoms with Crippen molar-refractivity contribution in [2.24, 2.45) is 0 Å². The highest BCUT2D eigenvalue weighted by molar-refractivity contribution is 7.09. The Morgan fingerprint density at radius 3 is 2.88 bits per heavy atom. The van der Waals surface area contributed by atoms with E-state index in [0.29, 0.717) is 5.69 Å². The van der Waals surface area contributed by atoms with Crippen LogP contribution in [0.1, 0.15) is 15.5 Å². The van der Waals surface area contributed by atoms with Crippen LogP contribution in [0.2, 0.25) is 0 Å². The van der Waals surface area contributed by atoms with Crippen molar-refractivity contribution in [2.75, 3.05) is 40.3 Å². The Morgan fingerprint density at radius 2 is 2.24 bits per heavy atom. The lowest BCUT2D eigenvalue weighted by atomic mass is 10.3. The number of aromatic nitrogens is 1. The molecular weight excluding hydrogens is 236 g/mol. The number of nitrogens with zero attached hydrogens (tertiary/aromatic N) is 3. The fourth-order valence-electron chi connectivity index (χ4n) is 1.78. The fourth-order valence-corrected chi connectivity index (χ4v) is 2.67. The van der Waals surface area contributed by atoms with E-state index in [-0.39, 0.29) is 5.91 Å². The van der Waals surface area contributed by atoms with Gasteiger partial charge in [-0.25, -0.2) is 4.98 Å². The summed E-state index contributed by atoms with van der Waals surface area (Å²) in [5.41, 5.74) is 0.591. The Bertz CT molecular complexity index is 385. The van der Waals surface area contributed by atoms with Crippen molar-refractivity contribution in [3.63, 3.8) is 0 Å². The molecule has 17 heavy (non-hydrogen) atoms. The van der Waals surface area contributed by atoms with Crippen molar-refractivity contribution in [2.45, 2.75) is 6.54 Å². The summed E-state index contributed by atoms with van der Waals surface area (Å²) in [6.45, 7) is 4.10. The predicted octanol–water partition coefficient (Wildman–Crippen LogP) is 0.250. The van der Waals surface area contributed by atoms with E-state index in [1.807, 2.05) is 24.4 Å². The Kier molecular flexibility index (Phi) is 4.09. The molecule has 1 aromatic heterocycles. The second kappa shape index (κ2) is 5.57. The van der Waals surface area contributed by atoms with Gasteiger partial charge in [-0.3, -0.25) is 4.79 Å². The first-order chi connectivity index (χ1) is 8.16. The second-order valence-corrected chi connectivity index (χ2v) is 5.35. The highest BCUT2D eigenvalue weighted by Crippen LogP contribution is 2.13. The Hall–Kier alpha value is -0.980. The minimum atomic E-state index is 0.0627. The van der Waals surface area contributed by atoms with Crippen molar-refractivity contribution < 1.29 is 4.79 Å². The largest absolute Gasteiger partial charge is 0.335 e. The summed E-state index contributed by atoms with van der Waals surface area (Å²) in [5, 5.41) is 6.09. The van der Waals surface area contributed by atoms with Crippen LogP contribution in [0, 0.1) is 0 Å². The molecule has 1 aliphatic rings. The molecule has 0 atom stereocenters. The van der Waals surface area contributed by atoms with Crippen LogP contribution < -0.4 is 5.32 Å². The second-order valence-electron chi connectivity index (χ2n) is 4.41. The summed E-state index contributed by atoms with van der Waals surface area (Å²) >= 11 is 1.55. The van der Waals surface area contributed by atoms with E-state index >= 15 is 0 Å². The van der Waals surface area contributed by atoms with Gasteiger partial charge in [-0.2, -0.15) is 0 Å². The van der Waals surface area contributed by atoms with E-state index in [4.69, 9.17) is 0 Å². The van der Waals surface area contributed by atoms with Crippen LogP contribution in [0.3, 0.4) is 0 Å². The molecule has 1 saturated heterocycles. The van der Waals surface area contributed by atoms with Gasteiger partial charge in [-0.05, 0) is 14.1 Å². The Morgan fingerprint density at radius 1 is 1.53 bits per heavy atom. The number of nitrogens with one attached hydrogen (secondary N) is 1. The molecule has 94 valence electrons. The standard InChI is InChI=1S/C11H18N4OS/c1-14(2)7-10-13-9(8-17-10)11(16)15-5-3-12-4-6-15/h8,12H,3-7H2,1-2H3. The first-order valence-electron chi connectivity index (χ1n) is 5.76. The molecule has 0 aliphatic carbocycles. The Balaban J connectivity index is 2.01. The molecule has 1 fully saturated rings. The van der Waals surface area contributed by atoms with E-state index in [2.05, 4.69) is 15.2 Å². The zero-order chi connectivity index (χ0) is 12.3. The molecule has 6 heteroatoms. The van der Waals surface area contributed by atoms with Crippen molar-refractivity contribution in [3.05, 3.63) is 16.1 Å². The SMILES string of the molecule is CN(C)Cc1nc(C(=O)N2CCNCC2)cs1. The maximum Gasteiger partial charge on any atom is 0.273 e. The van der Waals surface area contributed by atoms with Crippen LogP contribution in [-0.2, 0) is 6.54 Å². The quantitative estimate of drug-likeness (QED) is 0.840. The third-order valence-corrected chi connectivity index (χ3v) is 3.46. The molecule has 0 bridgehead atoms. The zero-order valence-electron chi connectivity index (χ0n) is 10.3. The lowest BCUT2D eigenvalue weighted by Crippen LogP contribution is -2.46. The molecule has 1 aliphatic heterocycles. The van der Waals surface area contributed by atoms with Crippen molar-refractivity contribution in [1.29, 1.82) is 0 Å². The molecule has 0 aromatic carbocycles. The molecule has 0 unspecified atom stereocenters. The number of carbonyl (C=O) groups excluding carboxylic acids is 1. The first-order valence-corrected chi connectivity index (χ1v) is 6.64. The Labute approximate surface area is 105 Å². The number of amides is 1. The molecule has 0 radical (unpaired) electrons. The molecule has 1 aromatic rings. The van der Waals surface area contributed by atoms with Crippen LogP contribution in [-0.4, -0.2) is 61.0 Å². The summed E-state index contributed by atoms with van der Waals surface area (Å²) in [6, 6.07) is 0. The van der Waals surface area contributed by atoms with Gasteiger partial charge in [0, 0.05) is 38.1 Å². The number of hydrogen-bond acceptors (Lipinski definition) is 5. The van der Waals surface area contributed by atoms with Crippen molar-refractivity contribution >= 4 is 17.2 Å². The van der Waals surface area contributed by atoms with Crippen molar-refractivity contribution in [1.82, 2.24) is 20.1 Å². The van der Waals surface area contributed by atoms with Gasteiger partial charge in [0.1, 0.15) is 10.7 Å². The molecule has 2 heterocycles. The number of carbonyl (C=O) groups is 1. The maximum atomic E-state index is 12.1.